The quantitative estimate of drug-likeness (QED) is 0.870. The van der Waals surface area contributed by atoms with Gasteiger partial charge in [-0.05, 0) is 56.0 Å². The minimum Gasteiger partial charge on any atom is -0.478 e. The Morgan fingerprint density at radius 3 is 2.81 bits per heavy atom. The Balaban J connectivity index is 1.86. The first-order valence-electron chi connectivity index (χ1n) is 7.58. The van der Waals surface area contributed by atoms with E-state index in [0.29, 0.717) is 5.56 Å². The van der Waals surface area contributed by atoms with Gasteiger partial charge in [0.15, 0.2) is 0 Å². The molecule has 0 spiro atoms. The predicted molar refractivity (Wildman–Crippen MR) is 79.7 cm³/mol. The van der Waals surface area contributed by atoms with Crippen LogP contribution in [0.2, 0.25) is 0 Å². The lowest BCUT2D eigenvalue weighted by molar-refractivity contribution is -0.121. The Morgan fingerprint density at radius 1 is 1.24 bits per heavy atom. The van der Waals surface area contributed by atoms with E-state index < -0.39 is 5.97 Å². The van der Waals surface area contributed by atoms with Crippen molar-refractivity contribution < 1.29 is 14.7 Å². The Bertz CT molecular complexity index is 565. The van der Waals surface area contributed by atoms with Crippen molar-refractivity contribution in [3.63, 3.8) is 0 Å². The molecule has 0 unspecified atom stereocenters. The van der Waals surface area contributed by atoms with E-state index in [-0.39, 0.29) is 11.9 Å². The third-order valence-corrected chi connectivity index (χ3v) is 4.32. The molecule has 5 nitrogen and oxygen atoms in total. The number of benzene rings is 1. The van der Waals surface area contributed by atoms with Crippen molar-refractivity contribution in [1.29, 1.82) is 0 Å². The van der Waals surface area contributed by atoms with E-state index in [0.717, 1.165) is 56.4 Å². The maximum Gasteiger partial charge on any atom is 0.335 e. The van der Waals surface area contributed by atoms with E-state index in [1.807, 2.05) is 4.90 Å². The van der Waals surface area contributed by atoms with Crippen LogP contribution in [0.1, 0.15) is 41.6 Å². The van der Waals surface area contributed by atoms with Crippen molar-refractivity contribution in [2.75, 3.05) is 18.0 Å². The second kappa shape index (κ2) is 5.85. The molecule has 5 heteroatoms. The number of carboxylic acids is 1. The molecule has 1 amide bonds. The molecule has 0 saturated carbocycles. The van der Waals surface area contributed by atoms with Crippen LogP contribution in [0, 0.1) is 0 Å². The SMILES string of the molecule is O=C(O)c1ccc2c(c1)CCCN2C(=O)[C@@H]1CCCCN1. The Hall–Kier alpha value is -1.88. The number of carbonyl (C=O) groups is 2. The molecule has 112 valence electrons. The third-order valence-electron chi connectivity index (χ3n) is 4.32. The highest BCUT2D eigenvalue weighted by Gasteiger charge is 2.29. The topological polar surface area (TPSA) is 69.6 Å². The van der Waals surface area contributed by atoms with Gasteiger partial charge < -0.3 is 15.3 Å². The number of aryl methyl sites for hydroxylation is 1. The van der Waals surface area contributed by atoms with Gasteiger partial charge in [-0.2, -0.15) is 0 Å². The summed E-state index contributed by atoms with van der Waals surface area (Å²) in [4.78, 5) is 25.6. The number of anilines is 1. The summed E-state index contributed by atoms with van der Waals surface area (Å²) < 4.78 is 0. The highest BCUT2D eigenvalue weighted by Crippen LogP contribution is 2.29. The van der Waals surface area contributed by atoms with Crippen molar-refractivity contribution >= 4 is 17.6 Å². The van der Waals surface area contributed by atoms with Gasteiger partial charge in [-0.1, -0.05) is 6.42 Å². The van der Waals surface area contributed by atoms with Crippen LogP contribution in [-0.2, 0) is 11.2 Å². The number of hydrogen-bond acceptors (Lipinski definition) is 3. The fourth-order valence-electron chi connectivity index (χ4n) is 3.21. The van der Waals surface area contributed by atoms with E-state index in [9.17, 15) is 9.59 Å². The number of carbonyl (C=O) groups excluding carboxylic acids is 1. The van der Waals surface area contributed by atoms with E-state index in [1.54, 1.807) is 18.2 Å². The molecule has 0 bridgehead atoms. The average Bonchev–Trinajstić information content (AvgIpc) is 2.54. The van der Waals surface area contributed by atoms with Gasteiger partial charge in [0, 0.05) is 12.2 Å². The van der Waals surface area contributed by atoms with Gasteiger partial charge in [0.2, 0.25) is 5.91 Å². The molecule has 0 aromatic heterocycles. The van der Waals surface area contributed by atoms with Crippen LogP contribution in [0.3, 0.4) is 0 Å². The second-order valence-corrected chi connectivity index (χ2v) is 5.74. The molecule has 2 aliphatic rings. The smallest absolute Gasteiger partial charge is 0.335 e. The van der Waals surface area contributed by atoms with Gasteiger partial charge in [-0.3, -0.25) is 4.79 Å². The van der Waals surface area contributed by atoms with Crippen LogP contribution in [0.5, 0.6) is 0 Å². The predicted octanol–water partition coefficient (Wildman–Crippen LogP) is 1.81. The zero-order chi connectivity index (χ0) is 14.8. The summed E-state index contributed by atoms with van der Waals surface area (Å²) in [6, 6.07) is 4.97. The lowest BCUT2D eigenvalue weighted by Crippen LogP contribution is -2.50. The van der Waals surface area contributed by atoms with Crippen LogP contribution in [0.25, 0.3) is 0 Å². The molecule has 1 fully saturated rings. The molecule has 21 heavy (non-hydrogen) atoms. The maximum absolute atomic E-state index is 12.7. The average molecular weight is 288 g/mol. The monoisotopic (exact) mass is 288 g/mol. The van der Waals surface area contributed by atoms with Gasteiger partial charge in [0.1, 0.15) is 0 Å². The molecule has 1 aromatic rings. The molecule has 1 aromatic carbocycles. The molecule has 1 saturated heterocycles. The number of amides is 1. The molecular weight excluding hydrogens is 268 g/mol. The van der Waals surface area contributed by atoms with Gasteiger partial charge in [-0.25, -0.2) is 4.79 Å². The molecular formula is C16H20N2O3. The summed E-state index contributed by atoms with van der Waals surface area (Å²) in [6.45, 7) is 1.62. The molecule has 2 heterocycles. The number of piperidine rings is 1. The van der Waals surface area contributed by atoms with E-state index in [4.69, 9.17) is 5.11 Å². The molecule has 2 N–H and O–H groups in total. The lowest BCUT2D eigenvalue weighted by Gasteiger charge is -2.34. The highest BCUT2D eigenvalue weighted by molar-refractivity contribution is 5.99. The highest BCUT2D eigenvalue weighted by atomic mass is 16.4. The Kier molecular flexibility index (Phi) is 3.92. The first kappa shape index (κ1) is 14.1. The summed E-state index contributed by atoms with van der Waals surface area (Å²) in [5, 5.41) is 12.4. The van der Waals surface area contributed by atoms with E-state index in [1.165, 1.54) is 0 Å². The molecule has 0 aliphatic carbocycles. The molecule has 1 atom stereocenters. The number of hydrogen-bond donors (Lipinski definition) is 2. The van der Waals surface area contributed by atoms with Crippen molar-refractivity contribution in [2.24, 2.45) is 0 Å². The Labute approximate surface area is 123 Å². The fourth-order valence-corrected chi connectivity index (χ4v) is 3.21. The van der Waals surface area contributed by atoms with Crippen LogP contribution >= 0.6 is 0 Å². The van der Waals surface area contributed by atoms with Gasteiger partial charge >= 0.3 is 5.97 Å². The molecule has 3 rings (SSSR count). The zero-order valence-corrected chi connectivity index (χ0v) is 12.0. The Morgan fingerprint density at radius 2 is 2.10 bits per heavy atom. The number of nitrogens with one attached hydrogen (secondary N) is 1. The molecule has 2 aliphatic heterocycles. The number of nitrogens with zero attached hydrogens (tertiary/aromatic N) is 1. The summed E-state index contributed by atoms with van der Waals surface area (Å²) in [7, 11) is 0. The van der Waals surface area contributed by atoms with Crippen molar-refractivity contribution in [3.05, 3.63) is 29.3 Å². The standard InChI is InChI=1S/C16H20N2O3/c19-15(13-5-1-2-8-17-13)18-9-3-4-11-10-12(16(20)21)6-7-14(11)18/h6-7,10,13,17H,1-5,8-9H2,(H,20,21)/t13-/m0/s1. The zero-order valence-electron chi connectivity index (χ0n) is 12.0. The van der Waals surface area contributed by atoms with Crippen molar-refractivity contribution in [2.45, 2.75) is 38.1 Å². The van der Waals surface area contributed by atoms with Crippen LogP contribution < -0.4 is 10.2 Å². The fraction of sp³-hybridized carbons (Fsp3) is 0.500. The van der Waals surface area contributed by atoms with Gasteiger partial charge in [0.05, 0.1) is 11.6 Å². The number of aromatic carboxylic acids is 1. The van der Waals surface area contributed by atoms with Crippen LogP contribution in [0.15, 0.2) is 18.2 Å². The first-order chi connectivity index (χ1) is 10.2. The third kappa shape index (κ3) is 2.78. The summed E-state index contributed by atoms with van der Waals surface area (Å²) in [5.74, 6) is -0.797. The van der Waals surface area contributed by atoms with Gasteiger partial charge in [-0.15, -0.1) is 0 Å². The number of carboxylic acid groups (broad SMARTS) is 1. The maximum atomic E-state index is 12.7. The van der Waals surface area contributed by atoms with E-state index in [2.05, 4.69) is 5.32 Å². The van der Waals surface area contributed by atoms with Gasteiger partial charge in [0.25, 0.3) is 0 Å². The minimum atomic E-state index is -0.921. The summed E-state index contributed by atoms with van der Waals surface area (Å²) >= 11 is 0. The number of fused-ring (bicyclic) bond motifs is 1. The minimum absolute atomic E-state index is 0.0937. The molecule has 0 radical (unpaired) electrons. The van der Waals surface area contributed by atoms with Crippen molar-refractivity contribution in [3.8, 4) is 0 Å². The summed E-state index contributed by atoms with van der Waals surface area (Å²) in [5.41, 5.74) is 2.13. The van der Waals surface area contributed by atoms with Crippen molar-refractivity contribution in [1.82, 2.24) is 5.32 Å². The first-order valence-corrected chi connectivity index (χ1v) is 7.58. The van der Waals surface area contributed by atoms with E-state index >= 15 is 0 Å². The van der Waals surface area contributed by atoms with Crippen LogP contribution in [-0.4, -0.2) is 36.1 Å². The largest absolute Gasteiger partial charge is 0.478 e. The van der Waals surface area contributed by atoms with Crippen LogP contribution in [0.4, 0.5) is 5.69 Å². The second-order valence-electron chi connectivity index (χ2n) is 5.74. The summed E-state index contributed by atoms with van der Waals surface area (Å²) in [6.07, 6.45) is 4.81. The number of rotatable bonds is 2. The lowest BCUT2D eigenvalue weighted by atomic mass is 9.97. The normalized spacial score (nSPS) is 21.7.